The lowest BCUT2D eigenvalue weighted by atomic mass is 9.67. The van der Waals surface area contributed by atoms with Gasteiger partial charge in [0, 0.05) is 36.9 Å². The van der Waals surface area contributed by atoms with Crippen LogP contribution in [0, 0.1) is 29.6 Å². The molecule has 0 aromatic rings. The van der Waals surface area contributed by atoms with Crippen LogP contribution in [0.1, 0.15) is 57.8 Å². The van der Waals surface area contributed by atoms with Crippen LogP contribution >= 0.6 is 0 Å². The van der Waals surface area contributed by atoms with Gasteiger partial charge >= 0.3 is 12.4 Å². The summed E-state index contributed by atoms with van der Waals surface area (Å²) in [4.78, 5) is 13.8. The summed E-state index contributed by atoms with van der Waals surface area (Å²) in [7, 11) is 0. The Morgan fingerprint density at radius 3 is 2.28 bits per heavy atom. The van der Waals surface area contributed by atoms with Crippen molar-refractivity contribution in [1.29, 1.82) is 0 Å². The Morgan fingerprint density at radius 2 is 1.64 bits per heavy atom. The average molecular weight is 524 g/mol. The minimum Gasteiger partial charge on any atom is -0.386 e. The number of nitrogens with one attached hydrogen (secondary N) is 2. The van der Waals surface area contributed by atoms with Crippen molar-refractivity contribution in [2.75, 3.05) is 19.6 Å². The van der Waals surface area contributed by atoms with Crippen LogP contribution in [-0.2, 0) is 9.53 Å². The molecule has 11 heteroatoms. The largest absolute Gasteiger partial charge is 0.401 e. The Kier molecular flexibility index (Phi) is 7.26. The standard InChI is InChI=1S/C25H35F6N3O2/c26-24(27,28)13-34-11-16(12-34)23(35)33-22-10-32-21-6-5-18(9-20(21)22)36-19-7-15(8-19)14-1-3-17(4-2-14)25(29,30)31/h10,14-21,32H,1-9,11-13H2,(H,33,35). The summed E-state index contributed by atoms with van der Waals surface area (Å²) in [6.45, 7) is -0.749. The predicted octanol–water partition coefficient (Wildman–Crippen LogP) is 4.74. The molecule has 1 amide bonds. The maximum atomic E-state index is 12.9. The van der Waals surface area contributed by atoms with E-state index in [1.165, 1.54) is 4.90 Å². The van der Waals surface area contributed by atoms with Gasteiger partial charge in [-0.25, -0.2) is 0 Å². The topological polar surface area (TPSA) is 53.6 Å². The van der Waals surface area contributed by atoms with E-state index in [4.69, 9.17) is 4.74 Å². The van der Waals surface area contributed by atoms with Gasteiger partial charge in [0.1, 0.15) is 0 Å². The van der Waals surface area contributed by atoms with E-state index in [1.54, 1.807) is 0 Å². The van der Waals surface area contributed by atoms with Crippen molar-refractivity contribution in [3.05, 3.63) is 11.9 Å². The molecule has 3 saturated carbocycles. The van der Waals surface area contributed by atoms with Gasteiger partial charge in [-0.05, 0) is 69.6 Å². The third kappa shape index (κ3) is 5.97. The Balaban J connectivity index is 1.02. The normalized spacial score (nSPS) is 37.8. The number of alkyl halides is 6. The summed E-state index contributed by atoms with van der Waals surface area (Å²) in [5.41, 5.74) is 0.792. The number of carbonyl (C=O) groups excluding carboxylic acids is 1. The molecule has 3 atom stereocenters. The van der Waals surface area contributed by atoms with Gasteiger partial charge in [0.15, 0.2) is 0 Å². The summed E-state index contributed by atoms with van der Waals surface area (Å²) in [5, 5.41) is 6.27. The van der Waals surface area contributed by atoms with Crippen molar-refractivity contribution in [3.63, 3.8) is 0 Å². The number of carbonyl (C=O) groups is 1. The van der Waals surface area contributed by atoms with Crippen molar-refractivity contribution in [1.82, 2.24) is 15.5 Å². The van der Waals surface area contributed by atoms with E-state index in [0.717, 1.165) is 37.8 Å². The second kappa shape index (κ2) is 10.0. The first kappa shape index (κ1) is 26.1. The molecule has 0 aromatic heterocycles. The van der Waals surface area contributed by atoms with Crippen molar-refractivity contribution in [2.24, 2.45) is 29.6 Å². The lowest BCUT2D eigenvalue weighted by molar-refractivity contribution is -0.187. The van der Waals surface area contributed by atoms with E-state index in [9.17, 15) is 31.1 Å². The molecule has 1 saturated heterocycles. The first-order valence-corrected chi connectivity index (χ1v) is 13.2. The van der Waals surface area contributed by atoms with Crippen LogP contribution < -0.4 is 10.6 Å². The molecule has 3 aliphatic carbocycles. The smallest absolute Gasteiger partial charge is 0.386 e. The lowest BCUT2D eigenvalue weighted by Crippen LogP contribution is -2.56. The molecule has 0 bridgehead atoms. The first-order chi connectivity index (χ1) is 16.9. The van der Waals surface area contributed by atoms with E-state index in [1.807, 2.05) is 6.20 Å². The van der Waals surface area contributed by atoms with Crippen molar-refractivity contribution in [2.45, 2.75) is 88.4 Å². The van der Waals surface area contributed by atoms with E-state index in [0.29, 0.717) is 24.7 Å². The lowest BCUT2D eigenvalue weighted by Gasteiger charge is -2.45. The van der Waals surface area contributed by atoms with E-state index >= 15 is 0 Å². The Labute approximate surface area is 207 Å². The first-order valence-electron chi connectivity index (χ1n) is 13.2. The second-order valence-electron chi connectivity index (χ2n) is 11.6. The molecule has 5 aliphatic rings. The molecule has 2 heterocycles. The van der Waals surface area contributed by atoms with Gasteiger partial charge in [-0.2, -0.15) is 26.3 Å². The van der Waals surface area contributed by atoms with Crippen LogP contribution in [0.2, 0.25) is 0 Å². The molecular formula is C25H35F6N3O2. The molecule has 5 nitrogen and oxygen atoms in total. The van der Waals surface area contributed by atoms with Gasteiger partial charge in [-0.3, -0.25) is 9.69 Å². The summed E-state index contributed by atoms with van der Waals surface area (Å²) >= 11 is 0. The number of rotatable bonds is 6. The number of nitrogens with zero attached hydrogens (tertiary/aromatic N) is 1. The van der Waals surface area contributed by atoms with E-state index < -0.39 is 30.7 Å². The molecule has 0 radical (unpaired) electrons. The number of halogens is 6. The summed E-state index contributed by atoms with van der Waals surface area (Å²) in [5.74, 6) is -0.855. The molecule has 2 aliphatic heterocycles. The molecule has 0 aromatic carbocycles. The zero-order chi connectivity index (χ0) is 25.7. The van der Waals surface area contributed by atoms with Crippen molar-refractivity contribution >= 4 is 5.91 Å². The van der Waals surface area contributed by atoms with Crippen LogP contribution in [0.4, 0.5) is 26.3 Å². The molecule has 36 heavy (non-hydrogen) atoms. The summed E-state index contributed by atoms with van der Waals surface area (Å²) in [6, 6.07) is 0.223. The van der Waals surface area contributed by atoms with Crippen LogP contribution in [0.5, 0.6) is 0 Å². The van der Waals surface area contributed by atoms with Gasteiger partial charge in [0.05, 0.1) is 30.6 Å². The number of hydrogen-bond donors (Lipinski definition) is 2. The Morgan fingerprint density at radius 1 is 0.944 bits per heavy atom. The highest BCUT2D eigenvalue weighted by Gasteiger charge is 2.46. The van der Waals surface area contributed by atoms with Gasteiger partial charge < -0.3 is 15.4 Å². The number of likely N-dealkylation sites (tertiary alicyclic amines) is 1. The third-order valence-electron chi connectivity index (χ3n) is 9.07. The molecule has 0 spiro atoms. The fraction of sp³-hybridized carbons (Fsp3) is 0.880. The van der Waals surface area contributed by atoms with Crippen molar-refractivity contribution < 1.29 is 35.9 Å². The van der Waals surface area contributed by atoms with Gasteiger partial charge in [0.2, 0.25) is 5.91 Å². The maximum Gasteiger partial charge on any atom is 0.401 e. The zero-order valence-electron chi connectivity index (χ0n) is 20.2. The number of fused-ring (bicyclic) bond motifs is 1. The quantitative estimate of drug-likeness (QED) is 0.494. The van der Waals surface area contributed by atoms with Gasteiger partial charge in [0.25, 0.3) is 0 Å². The Hall–Kier alpha value is -1.49. The number of amides is 1. The number of ether oxygens (including phenoxy) is 1. The van der Waals surface area contributed by atoms with Crippen LogP contribution in [0.3, 0.4) is 0 Å². The minimum absolute atomic E-state index is 0.0735. The van der Waals surface area contributed by atoms with Crippen LogP contribution in [0.25, 0.3) is 0 Å². The van der Waals surface area contributed by atoms with Gasteiger partial charge in [-0.1, -0.05) is 0 Å². The summed E-state index contributed by atoms with van der Waals surface area (Å²) < 4.78 is 82.6. The molecule has 5 rings (SSSR count). The second-order valence-corrected chi connectivity index (χ2v) is 11.6. The van der Waals surface area contributed by atoms with Crippen LogP contribution in [-0.4, -0.2) is 61.0 Å². The fourth-order valence-electron chi connectivity index (χ4n) is 6.89. The summed E-state index contributed by atoms with van der Waals surface area (Å²) in [6.07, 6.45) is -0.0435. The average Bonchev–Trinajstić information content (AvgIpc) is 3.13. The van der Waals surface area contributed by atoms with Gasteiger partial charge in [-0.15, -0.1) is 0 Å². The predicted molar refractivity (Wildman–Crippen MR) is 119 cm³/mol. The van der Waals surface area contributed by atoms with E-state index in [-0.39, 0.29) is 56.0 Å². The number of hydrogen-bond acceptors (Lipinski definition) is 4. The highest BCUT2D eigenvalue weighted by molar-refractivity contribution is 5.81. The zero-order valence-corrected chi connectivity index (χ0v) is 20.2. The fourth-order valence-corrected chi connectivity index (χ4v) is 6.89. The molecular weight excluding hydrogens is 488 g/mol. The van der Waals surface area contributed by atoms with Crippen molar-refractivity contribution in [3.8, 4) is 0 Å². The SMILES string of the molecule is O=C(NC1=CNC2CCC(OC3CC(C4CCC(C(F)(F)F)CC4)C3)CC12)C1CN(CC(F)(F)F)C1. The molecule has 3 unspecified atom stereocenters. The van der Waals surface area contributed by atoms with Crippen LogP contribution in [0.15, 0.2) is 11.9 Å². The van der Waals surface area contributed by atoms with E-state index in [2.05, 4.69) is 10.6 Å². The Bertz CT molecular complexity index is 827. The third-order valence-corrected chi connectivity index (χ3v) is 9.07. The monoisotopic (exact) mass is 523 g/mol. The minimum atomic E-state index is -4.25. The molecule has 4 fully saturated rings. The molecule has 2 N–H and O–H groups in total. The highest BCUT2D eigenvalue weighted by Crippen LogP contribution is 2.48. The molecule has 204 valence electrons. The maximum absolute atomic E-state index is 12.9. The highest BCUT2D eigenvalue weighted by atomic mass is 19.4.